The predicted octanol–water partition coefficient (Wildman–Crippen LogP) is 3.75. The Bertz CT molecular complexity index is 1150. The summed E-state index contributed by atoms with van der Waals surface area (Å²) < 4.78 is 10.7. The Morgan fingerprint density at radius 2 is 1.91 bits per heavy atom. The van der Waals surface area contributed by atoms with Crippen LogP contribution in [0.15, 0.2) is 59.8 Å². The molecule has 0 fully saturated rings. The van der Waals surface area contributed by atoms with Crippen LogP contribution in [0.3, 0.4) is 0 Å². The molecule has 164 valence electrons. The van der Waals surface area contributed by atoms with Crippen molar-refractivity contribution >= 4 is 34.3 Å². The standard InChI is InChI=1S/C22H21N5O4S/c1-30-19-8-5-15(11-20(19)31-2)18-13-32-22(29)27(26-18)12-14-3-6-16(7-4-14)24-21(28)17-9-10-23-25-17/h3-11H,12-13H2,1-2H3,(H,23,25)(H,24,28). The summed E-state index contributed by atoms with van der Waals surface area (Å²) in [7, 11) is 3.16. The number of anilines is 1. The van der Waals surface area contributed by atoms with Crippen LogP contribution < -0.4 is 14.8 Å². The van der Waals surface area contributed by atoms with Crippen molar-refractivity contribution in [3.8, 4) is 11.5 Å². The van der Waals surface area contributed by atoms with E-state index in [0.29, 0.717) is 35.2 Å². The number of methoxy groups -OCH3 is 2. The second kappa shape index (κ2) is 9.56. The fraction of sp³-hybridized carbons (Fsp3) is 0.182. The number of H-pyrrole nitrogens is 1. The number of nitrogens with one attached hydrogen (secondary N) is 2. The summed E-state index contributed by atoms with van der Waals surface area (Å²) in [5.74, 6) is 1.44. The number of hydrogen-bond donors (Lipinski definition) is 2. The van der Waals surface area contributed by atoms with Gasteiger partial charge in [-0.15, -0.1) is 0 Å². The molecule has 10 heteroatoms. The van der Waals surface area contributed by atoms with Crippen molar-refractivity contribution in [2.24, 2.45) is 5.10 Å². The van der Waals surface area contributed by atoms with Gasteiger partial charge in [0.1, 0.15) is 5.69 Å². The first-order valence-electron chi connectivity index (χ1n) is 9.71. The highest BCUT2D eigenvalue weighted by Crippen LogP contribution is 2.30. The summed E-state index contributed by atoms with van der Waals surface area (Å²) in [6.07, 6.45) is 1.52. The largest absolute Gasteiger partial charge is 0.493 e. The van der Waals surface area contributed by atoms with E-state index in [1.165, 1.54) is 23.0 Å². The Morgan fingerprint density at radius 3 is 2.59 bits per heavy atom. The van der Waals surface area contributed by atoms with Crippen LogP contribution in [0.5, 0.6) is 11.5 Å². The lowest BCUT2D eigenvalue weighted by Gasteiger charge is -2.23. The van der Waals surface area contributed by atoms with Gasteiger partial charge in [0.25, 0.3) is 5.91 Å². The molecule has 0 bridgehead atoms. The third kappa shape index (κ3) is 4.75. The lowest BCUT2D eigenvalue weighted by molar-refractivity contribution is 0.102. The minimum absolute atomic E-state index is 0.120. The van der Waals surface area contributed by atoms with E-state index in [1.54, 1.807) is 32.4 Å². The Kier molecular flexibility index (Phi) is 6.41. The van der Waals surface area contributed by atoms with E-state index in [4.69, 9.17) is 9.47 Å². The number of aromatic nitrogens is 2. The number of ether oxygens (including phenoxy) is 2. The lowest BCUT2D eigenvalue weighted by atomic mass is 10.1. The zero-order valence-electron chi connectivity index (χ0n) is 17.5. The molecule has 2 aromatic carbocycles. The Balaban J connectivity index is 1.47. The van der Waals surface area contributed by atoms with Crippen molar-refractivity contribution in [1.82, 2.24) is 15.2 Å². The number of benzene rings is 2. The van der Waals surface area contributed by atoms with E-state index < -0.39 is 0 Å². The fourth-order valence-corrected chi connectivity index (χ4v) is 3.86. The summed E-state index contributed by atoms with van der Waals surface area (Å²) in [6, 6.07) is 14.4. The number of thioether (sulfide) groups is 1. The number of rotatable bonds is 7. The van der Waals surface area contributed by atoms with E-state index in [-0.39, 0.29) is 11.1 Å². The van der Waals surface area contributed by atoms with Gasteiger partial charge in [-0.3, -0.25) is 14.7 Å². The monoisotopic (exact) mass is 451 g/mol. The second-order valence-electron chi connectivity index (χ2n) is 6.85. The molecule has 1 aromatic heterocycles. The molecule has 9 nitrogen and oxygen atoms in total. The van der Waals surface area contributed by atoms with Crippen LogP contribution in [0.1, 0.15) is 21.6 Å². The SMILES string of the molecule is COc1ccc(C2=NN(Cc3ccc(NC(=O)c4ccn[nH]4)cc3)C(=O)SC2)cc1OC. The molecule has 0 saturated heterocycles. The smallest absolute Gasteiger partial charge is 0.302 e. The van der Waals surface area contributed by atoms with Crippen LogP contribution in [-0.4, -0.2) is 52.0 Å². The average molecular weight is 452 g/mol. The van der Waals surface area contributed by atoms with Crippen molar-refractivity contribution in [1.29, 1.82) is 0 Å². The van der Waals surface area contributed by atoms with Crippen molar-refractivity contribution in [2.75, 3.05) is 25.3 Å². The van der Waals surface area contributed by atoms with Crippen molar-refractivity contribution in [3.63, 3.8) is 0 Å². The highest BCUT2D eigenvalue weighted by molar-refractivity contribution is 8.14. The van der Waals surface area contributed by atoms with Gasteiger partial charge in [0.2, 0.25) is 0 Å². The van der Waals surface area contributed by atoms with Gasteiger partial charge in [0.15, 0.2) is 11.5 Å². The lowest BCUT2D eigenvalue weighted by Crippen LogP contribution is -2.29. The summed E-state index contributed by atoms with van der Waals surface area (Å²) in [5, 5.41) is 15.1. The maximum atomic E-state index is 12.4. The van der Waals surface area contributed by atoms with E-state index in [1.807, 2.05) is 30.3 Å². The molecule has 4 rings (SSSR count). The molecule has 1 aliphatic rings. The molecule has 0 spiro atoms. The Hall–Kier alpha value is -3.79. The third-order valence-corrected chi connectivity index (χ3v) is 5.67. The van der Waals surface area contributed by atoms with Gasteiger partial charge < -0.3 is 14.8 Å². The van der Waals surface area contributed by atoms with Gasteiger partial charge in [-0.1, -0.05) is 23.9 Å². The molecule has 2 amide bonds. The number of amides is 2. The average Bonchev–Trinajstić information content (AvgIpc) is 3.36. The van der Waals surface area contributed by atoms with Crippen molar-refractivity contribution < 1.29 is 19.1 Å². The van der Waals surface area contributed by atoms with E-state index in [2.05, 4.69) is 20.6 Å². The molecule has 0 radical (unpaired) electrons. The number of carbonyl (C=O) groups is 2. The molecule has 0 atom stereocenters. The summed E-state index contributed by atoms with van der Waals surface area (Å²) in [5.41, 5.74) is 3.54. The van der Waals surface area contributed by atoms with E-state index >= 15 is 0 Å². The van der Waals surface area contributed by atoms with Crippen LogP contribution in [0, 0.1) is 0 Å². The first-order chi connectivity index (χ1) is 15.6. The minimum atomic E-state index is -0.276. The topological polar surface area (TPSA) is 109 Å². The van der Waals surface area contributed by atoms with Gasteiger partial charge in [0.05, 0.1) is 26.5 Å². The Labute approximate surface area is 188 Å². The molecule has 3 aromatic rings. The second-order valence-corrected chi connectivity index (χ2v) is 7.78. The number of hydrogen-bond acceptors (Lipinski definition) is 7. The van der Waals surface area contributed by atoms with Crippen LogP contribution in [0.4, 0.5) is 10.5 Å². The molecule has 0 aliphatic carbocycles. The van der Waals surface area contributed by atoms with Gasteiger partial charge in [-0.25, -0.2) is 5.01 Å². The molecule has 0 unspecified atom stereocenters. The predicted molar refractivity (Wildman–Crippen MR) is 122 cm³/mol. The van der Waals surface area contributed by atoms with Gasteiger partial charge >= 0.3 is 5.24 Å². The first-order valence-corrected chi connectivity index (χ1v) is 10.7. The number of nitrogens with zero attached hydrogens (tertiary/aromatic N) is 3. The van der Waals surface area contributed by atoms with Crippen LogP contribution in [0.2, 0.25) is 0 Å². The molecule has 2 heterocycles. The van der Waals surface area contributed by atoms with E-state index in [0.717, 1.165) is 16.8 Å². The molecular formula is C22H21N5O4S. The maximum absolute atomic E-state index is 12.4. The normalized spacial score (nSPS) is 13.5. The molecular weight excluding hydrogens is 430 g/mol. The third-order valence-electron chi connectivity index (χ3n) is 4.79. The zero-order chi connectivity index (χ0) is 22.5. The van der Waals surface area contributed by atoms with Crippen LogP contribution in [0.25, 0.3) is 0 Å². The summed E-state index contributed by atoms with van der Waals surface area (Å²) in [4.78, 5) is 24.5. The molecule has 2 N–H and O–H groups in total. The quantitative estimate of drug-likeness (QED) is 0.566. The highest BCUT2D eigenvalue weighted by Gasteiger charge is 2.23. The van der Waals surface area contributed by atoms with Crippen LogP contribution in [-0.2, 0) is 6.54 Å². The van der Waals surface area contributed by atoms with Gasteiger partial charge in [-0.05, 0) is 42.0 Å². The van der Waals surface area contributed by atoms with Gasteiger partial charge in [0, 0.05) is 23.2 Å². The number of aromatic amines is 1. The number of carbonyl (C=O) groups excluding carboxylic acids is 2. The van der Waals surface area contributed by atoms with Crippen LogP contribution >= 0.6 is 11.8 Å². The Morgan fingerprint density at radius 1 is 1.12 bits per heavy atom. The number of hydrazone groups is 1. The van der Waals surface area contributed by atoms with E-state index in [9.17, 15) is 9.59 Å². The highest BCUT2D eigenvalue weighted by atomic mass is 32.2. The van der Waals surface area contributed by atoms with Crippen molar-refractivity contribution in [2.45, 2.75) is 6.54 Å². The van der Waals surface area contributed by atoms with Gasteiger partial charge in [-0.2, -0.15) is 10.2 Å². The first kappa shape index (κ1) is 21.4. The van der Waals surface area contributed by atoms with Crippen molar-refractivity contribution in [3.05, 3.63) is 71.5 Å². The molecule has 1 aliphatic heterocycles. The minimum Gasteiger partial charge on any atom is -0.493 e. The molecule has 0 saturated carbocycles. The zero-order valence-corrected chi connectivity index (χ0v) is 18.3. The fourth-order valence-electron chi connectivity index (χ4n) is 3.12. The molecule has 32 heavy (non-hydrogen) atoms. The summed E-state index contributed by atoms with van der Waals surface area (Å²) in [6.45, 7) is 0.317. The maximum Gasteiger partial charge on any atom is 0.302 e. The summed E-state index contributed by atoms with van der Waals surface area (Å²) >= 11 is 1.20.